The number of hydrogen-bond donors (Lipinski definition) is 0. The summed E-state index contributed by atoms with van der Waals surface area (Å²) >= 11 is 0. The predicted molar refractivity (Wildman–Crippen MR) is 96.2 cm³/mol. The zero-order valence-electron chi connectivity index (χ0n) is 14.2. The Balaban J connectivity index is 1.23. The van der Waals surface area contributed by atoms with Crippen molar-refractivity contribution in [3.8, 4) is 5.88 Å². The molecule has 0 N–H and O–H groups in total. The van der Waals surface area contributed by atoms with Crippen molar-refractivity contribution in [2.75, 3.05) is 19.7 Å². The molecule has 1 aliphatic heterocycles. The third-order valence-electron chi connectivity index (χ3n) is 5.40. The second-order valence-electron chi connectivity index (χ2n) is 7.24. The van der Waals surface area contributed by atoms with Crippen molar-refractivity contribution < 1.29 is 4.74 Å². The van der Waals surface area contributed by atoms with Gasteiger partial charge >= 0.3 is 0 Å². The van der Waals surface area contributed by atoms with Gasteiger partial charge in [0.2, 0.25) is 5.88 Å². The molecule has 0 unspecified atom stereocenters. The molecule has 0 spiro atoms. The van der Waals surface area contributed by atoms with E-state index in [2.05, 4.69) is 34.1 Å². The Bertz CT molecular complexity index is 629. The van der Waals surface area contributed by atoms with E-state index in [9.17, 15) is 0 Å². The summed E-state index contributed by atoms with van der Waals surface area (Å²) in [6.07, 6.45) is 6.98. The molecule has 0 amide bonds. The van der Waals surface area contributed by atoms with E-state index in [0.717, 1.165) is 19.0 Å². The summed E-state index contributed by atoms with van der Waals surface area (Å²) in [7, 11) is 0. The molecular formula is C21H26N2O. The molecule has 1 saturated heterocycles. The number of ether oxygens (including phenoxy) is 1. The Morgan fingerprint density at radius 1 is 1.00 bits per heavy atom. The molecule has 1 aromatic carbocycles. The lowest BCUT2D eigenvalue weighted by atomic mass is 9.72. The van der Waals surface area contributed by atoms with E-state index in [-0.39, 0.29) is 0 Å². The van der Waals surface area contributed by atoms with E-state index < -0.39 is 0 Å². The van der Waals surface area contributed by atoms with Gasteiger partial charge in [0.25, 0.3) is 0 Å². The molecule has 2 aromatic rings. The van der Waals surface area contributed by atoms with E-state index >= 15 is 0 Å². The van der Waals surface area contributed by atoms with Crippen molar-refractivity contribution in [1.29, 1.82) is 0 Å². The summed E-state index contributed by atoms with van der Waals surface area (Å²) in [5.74, 6) is 2.12. The first-order valence-corrected chi connectivity index (χ1v) is 9.22. The van der Waals surface area contributed by atoms with Gasteiger partial charge in [0.1, 0.15) is 0 Å². The molecule has 2 heterocycles. The minimum atomic E-state index is 0.668. The number of pyridine rings is 1. The predicted octanol–water partition coefficient (Wildman–Crippen LogP) is 4.25. The molecule has 1 aliphatic carbocycles. The maximum absolute atomic E-state index is 5.77. The molecule has 1 aromatic heterocycles. The summed E-state index contributed by atoms with van der Waals surface area (Å²) in [5.41, 5.74) is 2.95. The fourth-order valence-electron chi connectivity index (χ4n) is 3.87. The molecule has 4 rings (SSSR count). The van der Waals surface area contributed by atoms with Crippen LogP contribution < -0.4 is 4.74 Å². The van der Waals surface area contributed by atoms with Crippen LogP contribution in [-0.4, -0.2) is 29.6 Å². The normalized spacial score (nSPS) is 23.8. The van der Waals surface area contributed by atoms with Crippen LogP contribution in [0.3, 0.4) is 0 Å². The Labute approximate surface area is 144 Å². The lowest BCUT2D eigenvalue weighted by Crippen LogP contribution is -2.27. The van der Waals surface area contributed by atoms with Gasteiger partial charge in [0.15, 0.2) is 0 Å². The van der Waals surface area contributed by atoms with Gasteiger partial charge in [-0.25, -0.2) is 4.98 Å². The monoisotopic (exact) mass is 322 g/mol. The van der Waals surface area contributed by atoms with Crippen LogP contribution in [-0.2, 0) is 6.54 Å². The lowest BCUT2D eigenvalue weighted by molar-refractivity contribution is 0.154. The Morgan fingerprint density at radius 3 is 2.50 bits per heavy atom. The highest BCUT2D eigenvalue weighted by molar-refractivity contribution is 5.27. The third kappa shape index (κ3) is 3.78. The molecule has 3 nitrogen and oxygen atoms in total. The number of likely N-dealkylation sites (tertiary alicyclic amines) is 1. The van der Waals surface area contributed by atoms with Gasteiger partial charge in [-0.15, -0.1) is 0 Å². The molecule has 3 heteroatoms. The fourth-order valence-corrected chi connectivity index (χ4v) is 3.87. The van der Waals surface area contributed by atoms with Crippen molar-refractivity contribution in [3.05, 3.63) is 59.8 Å². The molecule has 0 radical (unpaired) electrons. The van der Waals surface area contributed by atoms with Gasteiger partial charge in [0, 0.05) is 18.8 Å². The van der Waals surface area contributed by atoms with Crippen LogP contribution in [0.5, 0.6) is 5.88 Å². The topological polar surface area (TPSA) is 25.4 Å². The minimum Gasteiger partial charge on any atom is -0.477 e. The first kappa shape index (κ1) is 15.6. The van der Waals surface area contributed by atoms with Gasteiger partial charge in [0.05, 0.1) is 6.61 Å². The first-order chi connectivity index (χ1) is 11.9. The van der Waals surface area contributed by atoms with Gasteiger partial charge in [-0.2, -0.15) is 0 Å². The highest BCUT2D eigenvalue weighted by Gasteiger charge is 2.30. The number of hydrogen-bond acceptors (Lipinski definition) is 3. The molecule has 24 heavy (non-hydrogen) atoms. The Hall–Kier alpha value is -1.87. The maximum Gasteiger partial charge on any atom is 0.213 e. The van der Waals surface area contributed by atoms with Crippen LogP contribution in [0.4, 0.5) is 0 Å². The minimum absolute atomic E-state index is 0.668. The number of benzene rings is 1. The second-order valence-corrected chi connectivity index (χ2v) is 7.24. The average Bonchev–Trinajstić information content (AvgIpc) is 3.09. The lowest BCUT2D eigenvalue weighted by Gasteiger charge is -2.35. The van der Waals surface area contributed by atoms with E-state index in [0.29, 0.717) is 11.8 Å². The second kappa shape index (κ2) is 7.35. The Kier molecular flexibility index (Phi) is 4.79. The highest BCUT2D eigenvalue weighted by Crippen LogP contribution is 2.41. The average molecular weight is 322 g/mol. The van der Waals surface area contributed by atoms with E-state index in [1.165, 1.54) is 49.9 Å². The van der Waals surface area contributed by atoms with Crippen molar-refractivity contribution in [2.45, 2.75) is 38.1 Å². The standard InChI is InChI=1S/C21H26N2O/c1-2-10-22-21(5-1)24-16-18-13-20(14-18)19-8-6-17(7-9-19)15-23-11-3-4-12-23/h1-2,5-10,18,20H,3-4,11-16H2. The Morgan fingerprint density at radius 2 is 1.79 bits per heavy atom. The molecular weight excluding hydrogens is 296 g/mol. The summed E-state index contributed by atoms with van der Waals surface area (Å²) in [4.78, 5) is 6.77. The van der Waals surface area contributed by atoms with Gasteiger partial charge in [-0.05, 0) is 67.8 Å². The van der Waals surface area contributed by atoms with Crippen molar-refractivity contribution >= 4 is 0 Å². The summed E-state index contributed by atoms with van der Waals surface area (Å²) in [6, 6.07) is 15.1. The van der Waals surface area contributed by atoms with Crippen LogP contribution >= 0.6 is 0 Å². The molecule has 2 aliphatic rings. The van der Waals surface area contributed by atoms with Gasteiger partial charge in [-0.3, -0.25) is 4.90 Å². The van der Waals surface area contributed by atoms with E-state index in [1.807, 2.05) is 18.2 Å². The van der Waals surface area contributed by atoms with Gasteiger partial charge < -0.3 is 4.74 Å². The largest absolute Gasteiger partial charge is 0.477 e. The molecule has 1 saturated carbocycles. The number of rotatable bonds is 6. The maximum atomic E-state index is 5.77. The van der Waals surface area contributed by atoms with E-state index in [4.69, 9.17) is 4.74 Å². The summed E-state index contributed by atoms with van der Waals surface area (Å²) in [6.45, 7) is 4.44. The SMILES string of the molecule is c1ccc(OCC2CC(c3ccc(CN4CCCC4)cc3)C2)nc1. The van der Waals surface area contributed by atoms with Crippen LogP contribution in [0.15, 0.2) is 48.7 Å². The van der Waals surface area contributed by atoms with Gasteiger partial charge in [-0.1, -0.05) is 30.3 Å². The summed E-state index contributed by atoms with van der Waals surface area (Å²) in [5, 5.41) is 0. The van der Waals surface area contributed by atoms with Crippen molar-refractivity contribution in [2.24, 2.45) is 5.92 Å². The zero-order chi connectivity index (χ0) is 16.2. The van der Waals surface area contributed by atoms with E-state index in [1.54, 1.807) is 6.20 Å². The van der Waals surface area contributed by atoms with Crippen LogP contribution in [0, 0.1) is 5.92 Å². The summed E-state index contributed by atoms with van der Waals surface area (Å²) < 4.78 is 5.77. The first-order valence-electron chi connectivity index (χ1n) is 9.22. The van der Waals surface area contributed by atoms with Crippen molar-refractivity contribution in [3.63, 3.8) is 0 Å². The number of nitrogens with zero attached hydrogens (tertiary/aromatic N) is 2. The highest BCUT2D eigenvalue weighted by atomic mass is 16.5. The van der Waals surface area contributed by atoms with Crippen LogP contribution in [0.1, 0.15) is 42.7 Å². The third-order valence-corrected chi connectivity index (χ3v) is 5.40. The smallest absolute Gasteiger partial charge is 0.213 e. The molecule has 0 bridgehead atoms. The number of aromatic nitrogens is 1. The van der Waals surface area contributed by atoms with Crippen LogP contribution in [0.25, 0.3) is 0 Å². The fraction of sp³-hybridized carbons (Fsp3) is 0.476. The molecule has 126 valence electrons. The zero-order valence-corrected chi connectivity index (χ0v) is 14.2. The van der Waals surface area contributed by atoms with Crippen molar-refractivity contribution in [1.82, 2.24) is 9.88 Å². The quantitative estimate of drug-likeness (QED) is 0.795. The molecule has 2 fully saturated rings. The van der Waals surface area contributed by atoms with Crippen LogP contribution in [0.2, 0.25) is 0 Å². The molecule has 0 atom stereocenters.